The van der Waals surface area contributed by atoms with Gasteiger partial charge in [0.25, 0.3) is 0 Å². The first-order chi connectivity index (χ1) is 11.6. The smallest absolute Gasteiger partial charge is 0.240 e. The Bertz CT molecular complexity index is 670. The Balaban J connectivity index is 1.50. The first-order valence-corrected chi connectivity index (χ1v) is 8.68. The summed E-state index contributed by atoms with van der Waals surface area (Å²) in [6, 6.07) is 5.68. The lowest BCUT2D eigenvalue weighted by Gasteiger charge is -2.35. The number of aliphatic hydroxyl groups is 1. The van der Waals surface area contributed by atoms with Crippen LogP contribution in [0.4, 0.5) is 10.9 Å². The predicted octanol–water partition coefficient (Wildman–Crippen LogP) is 0.747. The fraction of sp³-hybridized carbons (Fsp3) is 0.467. The minimum absolute atomic E-state index is 0.0746. The molecule has 1 unspecified atom stereocenters. The van der Waals surface area contributed by atoms with Gasteiger partial charge in [0.15, 0.2) is 0 Å². The molecule has 1 aliphatic rings. The molecule has 2 aromatic rings. The molecule has 9 heteroatoms. The van der Waals surface area contributed by atoms with Crippen molar-refractivity contribution in [3.8, 4) is 0 Å². The van der Waals surface area contributed by atoms with Crippen molar-refractivity contribution in [1.82, 2.24) is 20.1 Å². The van der Waals surface area contributed by atoms with Crippen LogP contribution >= 0.6 is 11.3 Å². The molecule has 1 aliphatic heterocycles. The molecular formula is C15H20N6O2S. The summed E-state index contributed by atoms with van der Waals surface area (Å²) < 4.78 is 0. The van der Waals surface area contributed by atoms with E-state index in [9.17, 15) is 9.90 Å². The first kappa shape index (κ1) is 16.7. The molecule has 0 aliphatic carbocycles. The van der Waals surface area contributed by atoms with Crippen molar-refractivity contribution in [2.45, 2.75) is 13.0 Å². The van der Waals surface area contributed by atoms with Crippen LogP contribution in [-0.2, 0) is 4.79 Å². The minimum atomic E-state index is -0.574. The molecule has 2 aromatic heterocycles. The van der Waals surface area contributed by atoms with Crippen molar-refractivity contribution in [3.05, 3.63) is 29.4 Å². The van der Waals surface area contributed by atoms with E-state index in [0.717, 1.165) is 32.0 Å². The highest BCUT2D eigenvalue weighted by molar-refractivity contribution is 7.13. The summed E-state index contributed by atoms with van der Waals surface area (Å²) in [7, 11) is 0. The van der Waals surface area contributed by atoms with Crippen molar-refractivity contribution in [2.75, 3.05) is 42.9 Å². The third kappa shape index (κ3) is 4.25. The van der Waals surface area contributed by atoms with Gasteiger partial charge in [-0.05, 0) is 19.1 Å². The molecule has 0 saturated carbocycles. The summed E-state index contributed by atoms with van der Waals surface area (Å²) in [6.07, 6.45) is -0.574. The van der Waals surface area contributed by atoms with Crippen LogP contribution in [0.2, 0.25) is 0 Å². The van der Waals surface area contributed by atoms with Crippen molar-refractivity contribution in [2.24, 2.45) is 0 Å². The van der Waals surface area contributed by atoms with E-state index in [4.69, 9.17) is 0 Å². The lowest BCUT2D eigenvalue weighted by molar-refractivity contribution is -0.117. The summed E-state index contributed by atoms with van der Waals surface area (Å²) in [6.45, 7) is 5.20. The molecular weight excluding hydrogens is 328 g/mol. The number of pyridine rings is 1. The molecule has 0 aromatic carbocycles. The van der Waals surface area contributed by atoms with E-state index in [2.05, 4.69) is 30.3 Å². The maximum Gasteiger partial charge on any atom is 0.240 e. The zero-order valence-electron chi connectivity index (χ0n) is 13.4. The van der Waals surface area contributed by atoms with Gasteiger partial charge in [-0.3, -0.25) is 15.0 Å². The Morgan fingerprint density at radius 2 is 2.17 bits per heavy atom. The lowest BCUT2D eigenvalue weighted by atomic mass is 10.2. The van der Waals surface area contributed by atoms with E-state index in [-0.39, 0.29) is 5.91 Å². The highest BCUT2D eigenvalue weighted by Gasteiger charge is 2.20. The van der Waals surface area contributed by atoms with Crippen molar-refractivity contribution < 1.29 is 9.90 Å². The zero-order valence-corrected chi connectivity index (χ0v) is 14.2. The van der Waals surface area contributed by atoms with E-state index in [1.54, 1.807) is 12.4 Å². The summed E-state index contributed by atoms with van der Waals surface area (Å²) in [4.78, 5) is 20.8. The molecule has 0 bridgehead atoms. The SMILES string of the molecule is CC(O)c1cccc(N2CCN(CC(=O)Nc3nncs3)CC2)n1. The number of piperazine rings is 1. The molecule has 1 saturated heterocycles. The monoisotopic (exact) mass is 348 g/mol. The third-order valence-electron chi connectivity index (χ3n) is 3.85. The van der Waals surface area contributed by atoms with E-state index in [0.29, 0.717) is 17.4 Å². The molecule has 3 rings (SSSR count). The second kappa shape index (κ2) is 7.65. The predicted molar refractivity (Wildman–Crippen MR) is 92.1 cm³/mol. The van der Waals surface area contributed by atoms with Crippen LogP contribution < -0.4 is 10.2 Å². The number of nitrogens with one attached hydrogen (secondary N) is 1. The average molecular weight is 348 g/mol. The number of amides is 1. The fourth-order valence-corrected chi connectivity index (χ4v) is 3.03. The van der Waals surface area contributed by atoms with Crippen molar-refractivity contribution in [3.63, 3.8) is 0 Å². The number of aliphatic hydroxyl groups excluding tert-OH is 1. The van der Waals surface area contributed by atoms with Crippen LogP contribution in [0.5, 0.6) is 0 Å². The standard InChI is InChI=1S/C15H20N6O2S/c1-11(22)12-3-2-4-13(17-12)21-7-5-20(6-8-21)9-14(23)18-15-19-16-10-24-15/h2-4,10-11,22H,5-9H2,1H3,(H,18,19,23). The molecule has 0 radical (unpaired) electrons. The second-order valence-electron chi connectivity index (χ2n) is 5.65. The molecule has 24 heavy (non-hydrogen) atoms. The highest BCUT2D eigenvalue weighted by Crippen LogP contribution is 2.17. The molecule has 0 spiro atoms. The van der Waals surface area contributed by atoms with E-state index < -0.39 is 6.10 Å². The van der Waals surface area contributed by atoms with Gasteiger partial charge in [0.1, 0.15) is 11.3 Å². The van der Waals surface area contributed by atoms with E-state index in [1.807, 2.05) is 18.2 Å². The summed E-state index contributed by atoms with van der Waals surface area (Å²) in [5, 5.41) is 20.4. The third-order valence-corrected chi connectivity index (χ3v) is 4.46. The quantitative estimate of drug-likeness (QED) is 0.823. The van der Waals surface area contributed by atoms with Gasteiger partial charge >= 0.3 is 0 Å². The van der Waals surface area contributed by atoms with Crippen LogP contribution in [0.15, 0.2) is 23.7 Å². The Labute approximate surface area is 144 Å². The van der Waals surface area contributed by atoms with Crippen molar-refractivity contribution in [1.29, 1.82) is 0 Å². The summed E-state index contributed by atoms with van der Waals surface area (Å²) in [5.74, 6) is 0.792. The van der Waals surface area contributed by atoms with Crippen LogP contribution in [0.3, 0.4) is 0 Å². The van der Waals surface area contributed by atoms with Gasteiger partial charge in [-0.25, -0.2) is 4.98 Å². The van der Waals surface area contributed by atoms with E-state index >= 15 is 0 Å². The Kier molecular flexibility index (Phi) is 5.34. The Morgan fingerprint density at radius 1 is 1.38 bits per heavy atom. The van der Waals surface area contributed by atoms with Gasteiger partial charge in [0, 0.05) is 26.2 Å². The average Bonchev–Trinajstić information content (AvgIpc) is 3.08. The number of carbonyl (C=O) groups is 1. The number of hydrogen-bond acceptors (Lipinski definition) is 8. The summed E-state index contributed by atoms with van der Waals surface area (Å²) >= 11 is 1.30. The number of hydrogen-bond donors (Lipinski definition) is 2. The Morgan fingerprint density at radius 3 is 2.83 bits per heavy atom. The van der Waals surface area contributed by atoms with Gasteiger partial charge in [0.2, 0.25) is 11.0 Å². The lowest BCUT2D eigenvalue weighted by Crippen LogP contribution is -2.49. The van der Waals surface area contributed by atoms with Gasteiger partial charge in [-0.15, -0.1) is 10.2 Å². The second-order valence-corrected chi connectivity index (χ2v) is 6.49. The minimum Gasteiger partial charge on any atom is -0.387 e. The first-order valence-electron chi connectivity index (χ1n) is 7.80. The molecule has 1 fully saturated rings. The number of carbonyl (C=O) groups excluding carboxylic acids is 1. The fourth-order valence-electron chi connectivity index (χ4n) is 2.57. The Hall–Kier alpha value is -2.10. The number of anilines is 2. The highest BCUT2D eigenvalue weighted by atomic mass is 32.1. The van der Waals surface area contributed by atoms with Gasteiger partial charge in [-0.2, -0.15) is 0 Å². The van der Waals surface area contributed by atoms with Crippen molar-refractivity contribution >= 4 is 28.2 Å². The number of aromatic nitrogens is 3. The van der Waals surface area contributed by atoms with Crippen LogP contribution in [0, 0.1) is 0 Å². The molecule has 1 atom stereocenters. The zero-order chi connectivity index (χ0) is 16.9. The maximum atomic E-state index is 12.0. The topological polar surface area (TPSA) is 94.5 Å². The van der Waals surface area contributed by atoms with Crippen LogP contribution in [-0.4, -0.2) is 63.8 Å². The molecule has 2 N–H and O–H groups in total. The van der Waals surface area contributed by atoms with Gasteiger partial charge in [0.05, 0.1) is 18.3 Å². The molecule has 1 amide bonds. The maximum absolute atomic E-state index is 12.0. The summed E-state index contributed by atoms with van der Waals surface area (Å²) in [5.41, 5.74) is 2.26. The molecule has 3 heterocycles. The van der Waals surface area contributed by atoms with Crippen LogP contribution in [0.25, 0.3) is 0 Å². The van der Waals surface area contributed by atoms with Gasteiger partial charge < -0.3 is 10.0 Å². The number of nitrogens with zero attached hydrogens (tertiary/aromatic N) is 5. The van der Waals surface area contributed by atoms with Crippen LogP contribution in [0.1, 0.15) is 18.7 Å². The van der Waals surface area contributed by atoms with Gasteiger partial charge in [-0.1, -0.05) is 17.4 Å². The molecule has 128 valence electrons. The molecule has 8 nitrogen and oxygen atoms in total. The normalized spacial score (nSPS) is 16.8. The van der Waals surface area contributed by atoms with E-state index in [1.165, 1.54) is 11.3 Å². The number of rotatable bonds is 5. The largest absolute Gasteiger partial charge is 0.387 e.